The van der Waals surface area contributed by atoms with Crippen molar-refractivity contribution in [1.82, 2.24) is 20.1 Å². The van der Waals surface area contributed by atoms with Crippen LogP contribution in [0.1, 0.15) is 19.3 Å². The number of rotatable bonds is 3. The van der Waals surface area contributed by atoms with Gasteiger partial charge in [0.15, 0.2) is 11.0 Å². The molecule has 0 saturated carbocycles. The molecule has 1 aliphatic heterocycles. The molecule has 1 amide bonds. The first kappa shape index (κ1) is 13.3. The molecule has 0 aliphatic carbocycles. The Morgan fingerprint density at radius 3 is 2.67 bits per heavy atom. The summed E-state index contributed by atoms with van der Waals surface area (Å²) >= 11 is 11.4. The maximum atomic E-state index is 11.9. The van der Waals surface area contributed by atoms with E-state index in [2.05, 4.69) is 20.5 Å². The summed E-state index contributed by atoms with van der Waals surface area (Å²) in [7, 11) is 0. The number of nitrogens with zero attached hydrogens (tertiary/aromatic N) is 4. The normalized spacial score (nSPS) is 15.6. The van der Waals surface area contributed by atoms with Gasteiger partial charge in [-0.15, -0.1) is 10.2 Å². The lowest BCUT2D eigenvalue weighted by molar-refractivity contribution is -0.130. The average molecular weight is 290 g/mol. The summed E-state index contributed by atoms with van der Waals surface area (Å²) in [5.41, 5.74) is 0. The maximum absolute atomic E-state index is 11.9. The van der Waals surface area contributed by atoms with Crippen molar-refractivity contribution in [3.05, 3.63) is 10.4 Å². The van der Waals surface area contributed by atoms with Crippen LogP contribution in [0.15, 0.2) is 0 Å². The second-order valence-electron chi connectivity index (χ2n) is 4.02. The monoisotopic (exact) mass is 289 g/mol. The number of hydrogen-bond acceptors (Lipinski definition) is 5. The number of likely N-dealkylation sites (tertiary alicyclic amines) is 1. The lowest BCUT2D eigenvalue weighted by atomic mass is 10.1. The number of carbonyl (C=O) groups excluding carboxylic acids is 1. The molecule has 8 heteroatoms. The molecule has 0 spiro atoms. The van der Waals surface area contributed by atoms with E-state index >= 15 is 0 Å². The van der Waals surface area contributed by atoms with Gasteiger partial charge in [0.1, 0.15) is 0 Å². The second-order valence-corrected chi connectivity index (χ2v) is 4.71. The number of halogens is 2. The Bertz CT molecular complexity index is 436. The van der Waals surface area contributed by atoms with Crippen LogP contribution in [0.3, 0.4) is 0 Å². The smallest absolute Gasteiger partial charge is 0.245 e. The molecule has 1 N–H and O–H groups in total. The van der Waals surface area contributed by atoms with Gasteiger partial charge in [-0.05, 0) is 30.9 Å². The maximum Gasteiger partial charge on any atom is 0.245 e. The summed E-state index contributed by atoms with van der Waals surface area (Å²) in [5.74, 6) is 0.308. The highest BCUT2D eigenvalue weighted by Gasteiger charge is 2.16. The zero-order valence-corrected chi connectivity index (χ0v) is 11.2. The highest BCUT2D eigenvalue weighted by atomic mass is 35.5. The molecule has 1 aliphatic rings. The molecular weight excluding hydrogens is 277 g/mol. The first-order chi connectivity index (χ1) is 8.66. The molecule has 1 saturated heterocycles. The van der Waals surface area contributed by atoms with Gasteiger partial charge in [0.05, 0.1) is 6.54 Å². The molecule has 2 heterocycles. The number of nitrogens with one attached hydrogen (secondary N) is 1. The Labute approximate surface area is 115 Å². The fourth-order valence-corrected chi connectivity index (χ4v) is 2.09. The zero-order valence-electron chi connectivity index (χ0n) is 9.70. The quantitative estimate of drug-likeness (QED) is 0.915. The summed E-state index contributed by atoms with van der Waals surface area (Å²) in [6, 6.07) is 0. The third-order valence-electron chi connectivity index (χ3n) is 2.74. The minimum Gasteiger partial charge on any atom is -0.358 e. The van der Waals surface area contributed by atoms with Crippen LogP contribution in [0, 0.1) is 0 Å². The first-order valence-electron chi connectivity index (χ1n) is 5.74. The van der Waals surface area contributed by atoms with Crippen LogP contribution in [0.2, 0.25) is 10.4 Å². The molecular formula is C10H13Cl2N5O. The van der Waals surface area contributed by atoms with Crippen molar-refractivity contribution in [2.24, 2.45) is 0 Å². The Morgan fingerprint density at radius 2 is 1.94 bits per heavy atom. The molecule has 6 nitrogen and oxygen atoms in total. The minimum absolute atomic E-state index is 0.00711. The first-order valence-corrected chi connectivity index (χ1v) is 6.50. The zero-order chi connectivity index (χ0) is 13.0. The van der Waals surface area contributed by atoms with E-state index in [-0.39, 0.29) is 28.7 Å². The van der Waals surface area contributed by atoms with E-state index in [1.165, 1.54) is 6.42 Å². The van der Waals surface area contributed by atoms with Crippen LogP contribution in [0.5, 0.6) is 0 Å². The summed E-state index contributed by atoms with van der Waals surface area (Å²) in [6.45, 7) is 1.77. The number of amides is 1. The fourth-order valence-electron chi connectivity index (χ4n) is 1.82. The number of hydrogen-bond donors (Lipinski definition) is 1. The Balaban J connectivity index is 1.90. The van der Waals surface area contributed by atoms with Gasteiger partial charge in [0.25, 0.3) is 0 Å². The van der Waals surface area contributed by atoms with Gasteiger partial charge >= 0.3 is 0 Å². The number of aromatic nitrogens is 3. The number of piperidine rings is 1. The molecule has 2 rings (SSSR count). The van der Waals surface area contributed by atoms with Gasteiger partial charge in [-0.25, -0.2) is 0 Å². The van der Waals surface area contributed by atoms with Gasteiger partial charge in [0, 0.05) is 13.1 Å². The van der Waals surface area contributed by atoms with Crippen LogP contribution in [-0.4, -0.2) is 45.6 Å². The molecule has 18 heavy (non-hydrogen) atoms. The SMILES string of the molecule is O=C(CNc1nc(Cl)nnc1Cl)N1CCCCC1. The highest BCUT2D eigenvalue weighted by molar-refractivity contribution is 6.32. The molecule has 0 unspecified atom stereocenters. The molecule has 0 aromatic carbocycles. The van der Waals surface area contributed by atoms with E-state index in [0.29, 0.717) is 0 Å². The van der Waals surface area contributed by atoms with Gasteiger partial charge in [-0.1, -0.05) is 11.6 Å². The Morgan fingerprint density at radius 1 is 1.22 bits per heavy atom. The molecule has 0 radical (unpaired) electrons. The van der Waals surface area contributed by atoms with Gasteiger partial charge in [-0.3, -0.25) is 4.79 Å². The minimum atomic E-state index is -0.00711. The summed E-state index contributed by atoms with van der Waals surface area (Å²) in [5, 5.41) is 10.0. The van der Waals surface area contributed by atoms with Crippen LogP contribution >= 0.6 is 23.2 Å². The van der Waals surface area contributed by atoms with Crippen LogP contribution < -0.4 is 5.32 Å². The van der Waals surface area contributed by atoms with Crippen LogP contribution in [0.25, 0.3) is 0 Å². The summed E-state index contributed by atoms with van der Waals surface area (Å²) in [4.78, 5) is 17.6. The van der Waals surface area contributed by atoms with E-state index in [1.54, 1.807) is 0 Å². The second kappa shape index (κ2) is 6.15. The molecule has 1 fully saturated rings. The van der Waals surface area contributed by atoms with E-state index in [1.807, 2.05) is 4.90 Å². The third kappa shape index (κ3) is 3.43. The van der Waals surface area contributed by atoms with Crippen molar-refractivity contribution in [3.63, 3.8) is 0 Å². The molecule has 0 bridgehead atoms. The Hall–Kier alpha value is -1.14. The summed E-state index contributed by atoms with van der Waals surface area (Å²) < 4.78 is 0. The standard InChI is InChI=1S/C10H13Cl2N5O/c11-8-9(14-10(12)16-15-8)13-6-7(18)17-4-2-1-3-5-17/h1-6H2,(H,13,14,16). The predicted molar refractivity (Wildman–Crippen MR) is 68.8 cm³/mol. The van der Waals surface area contributed by atoms with Crippen molar-refractivity contribution in [2.75, 3.05) is 25.0 Å². The van der Waals surface area contributed by atoms with Crippen LogP contribution in [-0.2, 0) is 4.79 Å². The van der Waals surface area contributed by atoms with E-state index in [4.69, 9.17) is 23.2 Å². The van der Waals surface area contributed by atoms with Crippen molar-refractivity contribution < 1.29 is 4.79 Å². The Kier molecular flexibility index (Phi) is 4.54. The molecule has 1 aromatic heterocycles. The number of carbonyl (C=O) groups is 1. The van der Waals surface area contributed by atoms with Crippen molar-refractivity contribution in [3.8, 4) is 0 Å². The van der Waals surface area contributed by atoms with Crippen molar-refractivity contribution in [2.45, 2.75) is 19.3 Å². The lowest BCUT2D eigenvalue weighted by Crippen LogP contribution is -2.39. The van der Waals surface area contributed by atoms with Crippen molar-refractivity contribution >= 4 is 34.9 Å². The predicted octanol–water partition coefficient (Wildman–Crippen LogP) is 1.60. The lowest BCUT2D eigenvalue weighted by Gasteiger charge is -2.26. The highest BCUT2D eigenvalue weighted by Crippen LogP contribution is 2.16. The molecule has 1 aromatic rings. The largest absolute Gasteiger partial charge is 0.358 e. The van der Waals surface area contributed by atoms with E-state index in [9.17, 15) is 4.79 Å². The van der Waals surface area contributed by atoms with Crippen LogP contribution in [0.4, 0.5) is 5.82 Å². The van der Waals surface area contributed by atoms with Gasteiger partial charge < -0.3 is 10.2 Å². The van der Waals surface area contributed by atoms with Gasteiger partial charge in [-0.2, -0.15) is 4.98 Å². The van der Waals surface area contributed by atoms with Crippen molar-refractivity contribution in [1.29, 1.82) is 0 Å². The summed E-state index contributed by atoms with van der Waals surface area (Å²) in [6.07, 6.45) is 3.31. The molecule has 0 atom stereocenters. The van der Waals surface area contributed by atoms with E-state index in [0.717, 1.165) is 25.9 Å². The average Bonchev–Trinajstić information content (AvgIpc) is 2.40. The third-order valence-corrected chi connectivity index (χ3v) is 3.15. The van der Waals surface area contributed by atoms with Gasteiger partial charge in [0.2, 0.25) is 11.2 Å². The topological polar surface area (TPSA) is 71.0 Å². The fraction of sp³-hybridized carbons (Fsp3) is 0.600. The molecule has 98 valence electrons. The van der Waals surface area contributed by atoms with E-state index < -0.39 is 0 Å². The number of anilines is 1.